The molecule has 1 aromatic carbocycles. The molecule has 1 aromatic heterocycles. The van der Waals surface area contributed by atoms with E-state index in [2.05, 4.69) is 36.1 Å². The van der Waals surface area contributed by atoms with Gasteiger partial charge in [-0.3, -0.25) is 9.58 Å². The van der Waals surface area contributed by atoms with Crippen LogP contribution in [-0.4, -0.2) is 35.4 Å². The lowest BCUT2D eigenvalue weighted by Gasteiger charge is -2.27. The van der Waals surface area contributed by atoms with Gasteiger partial charge < -0.3 is 10.5 Å². The van der Waals surface area contributed by atoms with Gasteiger partial charge in [-0.15, -0.1) is 0 Å². The first kappa shape index (κ1) is 15.5. The molecular formula is C16H24N4O. The molecule has 2 rings (SSSR count). The molecule has 2 aromatic rings. The largest absolute Gasteiger partial charge is 0.496 e. The number of nitrogens with two attached hydrogens (primary N) is 1. The second-order valence-corrected chi connectivity index (χ2v) is 5.42. The highest BCUT2D eigenvalue weighted by Gasteiger charge is 2.17. The summed E-state index contributed by atoms with van der Waals surface area (Å²) in [6.45, 7) is 3.44. The molecule has 0 aliphatic heterocycles. The number of ether oxygens (including phenoxy) is 1. The predicted molar refractivity (Wildman–Crippen MR) is 84.2 cm³/mol. The normalized spacial score (nSPS) is 12.7. The van der Waals surface area contributed by atoms with Crippen LogP contribution in [0.3, 0.4) is 0 Å². The van der Waals surface area contributed by atoms with Gasteiger partial charge in [-0.1, -0.05) is 12.1 Å². The third-order valence-corrected chi connectivity index (χ3v) is 3.75. The zero-order chi connectivity index (χ0) is 15.4. The Morgan fingerprint density at radius 1 is 1.43 bits per heavy atom. The van der Waals surface area contributed by atoms with E-state index in [0.29, 0.717) is 6.54 Å². The van der Waals surface area contributed by atoms with E-state index >= 15 is 0 Å². The van der Waals surface area contributed by atoms with E-state index in [0.717, 1.165) is 17.9 Å². The summed E-state index contributed by atoms with van der Waals surface area (Å²) in [7, 11) is 5.71. The molecule has 5 heteroatoms. The van der Waals surface area contributed by atoms with Crippen molar-refractivity contribution in [1.29, 1.82) is 0 Å². The van der Waals surface area contributed by atoms with Crippen molar-refractivity contribution in [3.05, 3.63) is 47.3 Å². The fraction of sp³-hybridized carbons (Fsp3) is 0.438. The highest BCUT2D eigenvalue weighted by Crippen LogP contribution is 2.25. The van der Waals surface area contributed by atoms with Crippen molar-refractivity contribution in [2.24, 2.45) is 12.8 Å². The molecule has 0 saturated carbocycles. The molecule has 21 heavy (non-hydrogen) atoms. The molecule has 1 heterocycles. The average Bonchev–Trinajstić information content (AvgIpc) is 2.85. The molecule has 0 fully saturated rings. The molecule has 0 amide bonds. The highest BCUT2D eigenvalue weighted by atomic mass is 16.5. The third kappa shape index (κ3) is 3.62. The van der Waals surface area contributed by atoms with E-state index < -0.39 is 0 Å². The van der Waals surface area contributed by atoms with Gasteiger partial charge in [0.2, 0.25) is 0 Å². The summed E-state index contributed by atoms with van der Waals surface area (Å²) < 4.78 is 7.13. The monoisotopic (exact) mass is 288 g/mol. The second kappa shape index (κ2) is 6.74. The van der Waals surface area contributed by atoms with Crippen LogP contribution >= 0.6 is 0 Å². The van der Waals surface area contributed by atoms with Crippen molar-refractivity contribution in [2.45, 2.75) is 19.5 Å². The number of methoxy groups -OCH3 is 1. The van der Waals surface area contributed by atoms with Crippen LogP contribution in [0.15, 0.2) is 30.6 Å². The summed E-state index contributed by atoms with van der Waals surface area (Å²) in [6.07, 6.45) is 3.92. The summed E-state index contributed by atoms with van der Waals surface area (Å²) in [4.78, 5) is 2.25. The molecule has 0 bridgehead atoms. The Kier molecular flexibility index (Phi) is 4.98. The number of aryl methyl sites for hydroxylation is 2. The van der Waals surface area contributed by atoms with Gasteiger partial charge in [-0.05, 0) is 31.2 Å². The number of nitrogens with zero attached hydrogens (tertiary/aromatic N) is 3. The first-order chi connectivity index (χ1) is 10.0. The van der Waals surface area contributed by atoms with Crippen LogP contribution in [0.25, 0.3) is 0 Å². The zero-order valence-electron chi connectivity index (χ0n) is 13.2. The van der Waals surface area contributed by atoms with Gasteiger partial charge in [-0.2, -0.15) is 5.10 Å². The van der Waals surface area contributed by atoms with Gasteiger partial charge in [0.25, 0.3) is 0 Å². The summed E-state index contributed by atoms with van der Waals surface area (Å²) in [5, 5.41) is 4.21. The molecule has 5 nitrogen and oxygen atoms in total. The van der Waals surface area contributed by atoms with E-state index in [4.69, 9.17) is 10.5 Å². The first-order valence-electron chi connectivity index (χ1n) is 7.07. The maximum atomic E-state index is 5.99. The number of likely N-dealkylation sites (N-methyl/N-ethyl adjacent to an activating group) is 1. The molecular weight excluding hydrogens is 264 g/mol. The van der Waals surface area contributed by atoms with Crippen LogP contribution < -0.4 is 10.5 Å². The molecule has 0 spiro atoms. The SMILES string of the molecule is COc1ccc(C(CN)N(C)Cc2cnn(C)c2)cc1C. The van der Waals surface area contributed by atoms with Gasteiger partial charge in [0.15, 0.2) is 0 Å². The van der Waals surface area contributed by atoms with Crippen molar-refractivity contribution in [1.82, 2.24) is 14.7 Å². The molecule has 114 valence electrons. The van der Waals surface area contributed by atoms with E-state index in [-0.39, 0.29) is 6.04 Å². The average molecular weight is 288 g/mol. The van der Waals surface area contributed by atoms with Crippen LogP contribution in [0, 0.1) is 6.92 Å². The van der Waals surface area contributed by atoms with Gasteiger partial charge >= 0.3 is 0 Å². The van der Waals surface area contributed by atoms with Gasteiger partial charge in [0.1, 0.15) is 5.75 Å². The van der Waals surface area contributed by atoms with Gasteiger partial charge in [0, 0.05) is 37.9 Å². The number of hydrogen-bond donors (Lipinski definition) is 1. The Balaban J connectivity index is 2.16. The van der Waals surface area contributed by atoms with Crippen LogP contribution in [0.2, 0.25) is 0 Å². The Bertz CT molecular complexity index is 594. The molecule has 1 unspecified atom stereocenters. The first-order valence-corrected chi connectivity index (χ1v) is 7.07. The van der Waals surface area contributed by atoms with Crippen molar-refractivity contribution < 1.29 is 4.74 Å². The quantitative estimate of drug-likeness (QED) is 0.881. The van der Waals surface area contributed by atoms with Gasteiger partial charge in [-0.25, -0.2) is 0 Å². The Morgan fingerprint density at radius 3 is 2.71 bits per heavy atom. The van der Waals surface area contributed by atoms with Crippen molar-refractivity contribution in [2.75, 3.05) is 20.7 Å². The fourth-order valence-electron chi connectivity index (χ4n) is 2.63. The zero-order valence-corrected chi connectivity index (χ0v) is 13.2. The maximum absolute atomic E-state index is 5.99. The number of aromatic nitrogens is 2. The molecule has 0 radical (unpaired) electrons. The number of benzene rings is 1. The van der Waals surface area contributed by atoms with Crippen molar-refractivity contribution >= 4 is 0 Å². The maximum Gasteiger partial charge on any atom is 0.121 e. The highest BCUT2D eigenvalue weighted by molar-refractivity contribution is 5.37. The van der Waals surface area contributed by atoms with E-state index in [1.165, 1.54) is 11.1 Å². The minimum atomic E-state index is 0.176. The minimum Gasteiger partial charge on any atom is -0.496 e. The summed E-state index contributed by atoms with van der Waals surface area (Å²) in [5.41, 5.74) is 9.51. The Labute approximate surface area is 126 Å². The summed E-state index contributed by atoms with van der Waals surface area (Å²) in [5.74, 6) is 0.907. The number of hydrogen-bond acceptors (Lipinski definition) is 4. The van der Waals surface area contributed by atoms with Crippen molar-refractivity contribution in [3.63, 3.8) is 0 Å². The van der Waals surface area contributed by atoms with E-state index in [9.17, 15) is 0 Å². The Hall–Kier alpha value is -1.85. The lowest BCUT2D eigenvalue weighted by molar-refractivity contribution is 0.241. The van der Waals surface area contributed by atoms with Crippen LogP contribution in [0.4, 0.5) is 0 Å². The summed E-state index contributed by atoms with van der Waals surface area (Å²) in [6, 6.07) is 6.42. The van der Waals surface area contributed by atoms with Crippen LogP contribution in [0.5, 0.6) is 5.75 Å². The molecule has 0 aliphatic carbocycles. The van der Waals surface area contributed by atoms with E-state index in [1.54, 1.807) is 7.11 Å². The lowest BCUT2D eigenvalue weighted by Crippen LogP contribution is -2.30. The third-order valence-electron chi connectivity index (χ3n) is 3.75. The molecule has 1 atom stereocenters. The van der Waals surface area contributed by atoms with Crippen LogP contribution in [0.1, 0.15) is 22.7 Å². The molecule has 0 saturated heterocycles. The Morgan fingerprint density at radius 2 is 2.19 bits per heavy atom. The molecule has 0 aliphatic rings. The van der Waals surface area contributed by atoms with Crippen LogP contribution in [-0.2, 0) is 13.6 Å². The van der Waals surface area contributed by atoms with E-state index in [1.807, 2.05) is 30.2 Å². The van der Waals surface area contributed by atoms with Gasteiger partial charge in [0.05, 0.1) is 13.3 Å². The fourth-order valence-corrected chi connectivity index (χ4v) is 2.63. The lowest BCUT2D eigenvalue weighted by atomic mass is 10.0. The predicted octanol–water partition coefficient (Wildman–Crippen LogP) is 1.87. The van der Waals surface area contributed by atoms with Crippen molar-refractivity contribution in [3.8, 4) is 5.75 Å². The molecule has 2 N–H and O–H groups in total. The standard InChI is InChI=1S/C16H24N4O/c1-12-7-14(5-6-16(12)21-4)15(8-17)19(2)10-13-9-18-20(3)11-13/h5-7,9,11,15H,8,10,17H2,1-4H3. The topological polar surface area (TPSA) is 56.3 Å². The second-order valence-electron chi connectivity index (χ2n) is 5.42. The smallest absolute Gasteiger partial charge is 0.121 e. The summed E-state index contributed by atoms with van der Waals surface area (Å²) >= 11 is 0. The number of rotatable bonds is 6. The minimum absolute atomic E-state index is 0.176.